The van der Waals surface area contributed by atoms with Crippen LogP contribution < -0.4 is 8.67 Å². The van der Waals surface area contributed by atoms with Crippen LogP contribution in [0.3, 0.4) is 0 Å². The maximum absolute atomic E-state index is 5.87. The first-order valence-electron chi connectivity index (χ1n) is 3.69. The predicted molar refractivity (Wildman–Crippen MR) is 56.8 cm³/mol. The van der Waals surface area contributed by atoms with Gasteiger partial charge in [-0.2, -0.15) is 3.94 Å². The fourth-order valence-electron chi connectivity index (χ4n) is 0.881. The van der Waals surface area contributed by atoms with Gasteiger partial charge in [0.25, 0.3) is 0 Å². The third kappa shape index (κ3) is 2.83. The van der Waals surface area contributed by atoms with Gasteiger partial charge in [0, 0.05) is 29.6 Å². The standard InChI is InChI=1S/C8H8Cl3NO/c1-2-13-6-3-4-8(12(10)11)7(9)5-6/h3-5H,2H2,1H3. The molecule has 0 aromatic heterocycles. The number of ether oxygens (including phenoxy) is 1. The van der Waals surface area contributed by atoms with Gasteiger partial charge in [-0.3, -0.25) is 0 Å². The fraction of sp³-hybridized carbons (Fsp3) is 0.250. The van der Waals surface area contributed by atoms with Crippen molar-refractivity contribution in [3.8, 4) is 5.75 Å². The highest BCUT2D eigenvalue weighted by molar-refractivity contribution is 6.51. The van der Waals surface area contributed by atoms with Crippen molar-refractivity contribution in [1.82, 2.24) is 0 Å². The molecular formula is C8H8Cl3NO. The molecule has 0 aliphatic rings. The molecule has 1 aromatic rings. The number of benzene rings is 1. The molecule has 1 aromatic carbocycles. The molecule has 5 heteroatoms. The molecule has 2 nitrogen and oxygen atoms in total. The molecule has 0 aliphatic heterocycles. The van der Waals surface area contributed by atoms with Gasteiger partial charge in [0.05, 0.1) is 17.3 Å². The van der Waals surface area contributed by atoms with Gasteiger partial charge in [-0.25, -0.2) is 0 Å². The third-order valence-corrected chi connectivity index (χ3v) is 2.08. The van der Waals surface area contributed by atoms with E-state index in [1.165, 1.54) is 0 Å². The maximum Gasteiger partial charge on any atom is 0.120 e. The first-order chi connectivity index (χ1) is 6.15. The van der Waals surface area contributed by atoms with Crippen LogP contribution in [-0.2, 0) is 0 Å². The van der Waals surface area contributed by atoms with Crippen LogP contribution in [0.5, 0.6) is 5.75 Å². The average molecular weight is 241 g/mol. The Kier molecular flexibility index (Phi) is 3.97. The lowest BCUT2D eigenvalue weighted by molar-refractivity contribution is 0.340. The second kappa shape index (κ2) is 4.80. The van der Waals surface area contributed by atoms with Gasteiger partial charge in [0.2, 0.25) is 0 Å². The van der Waals surface area contributed by atoms with Crippen molar-refractivity contribution in [2.45, 2.75) is 6.92 Å². The molecule has 0 heterocycles. The number of nitrogens with zero attached hydrogens (tertiary/aromatic N) is 1. The molecule has 1 rings (SSSR count). The quantitative estimate of drug-likeness (QED) is 0.744. The van der Waals surface area contributed by atoms with Crippen molar-refractivity contribution < 1.29 is 4.74 Å². The molecule has 13 heavy (non-hydrogen) atoms. The monoisotopic (exact) mass is 239 g/mol. The molecule has 0 atom stereocenters. The molecule has 0 aliphatic carbocycles. The minimum absolute atomic E-state index is 0.455. The van der Waals surface area contributed by atoms with E-state index in [1.54, 1.807) is 18.2 Å². The summed E-state index contributed by atoms with van der Waals surface area (Å²) >= 11 is 16.9. The molecule has 0 N–H and O–H groups in total. The van der Waals surface area contributed by atoms with Crippen molar-refractivity contribution >= 4 is 40.8 Å². The van der Waals surface area contributed by atoms with Gasteiger partial charge in [-0.1, -0.05) is 11.6 Å². The van der Waals surface area contributed by atoms with Crippen molar-refractivity contribution in [3.05, 3.63) is 23.2 Å². The van der Waals surface area contributed by atoms with Crippen LogP contribution >= 0.6 is 35.2 Å². The van der Waals surface area contributed by atoms with Crippen LogP contribution in [0.15, 0.2) is 18.2 Å². The van der Waals surface area contributed by atoms with Crippen molar-refractivity contribution in [1.29, 1.82) is 0 Å². The number of hydrogen-bond donors (Lipinski definition) is 0. The second-order valence-electron chi connectivity index (χ2n) is 2.28. The van der Waals surface area contributed by atoms with E-state index in [0.717, 1.165) is 3.94 Å². The van der Waals surface area contributed by atoms with Crippen molar-refractivity contribution in [2.75, 3.05) is 10.5 Å². The molecule has 0 bridgehead atoms. The molecule has 0 radical (unpaired) electrons. The lowest BCUT2D eigenvalue weighted by Crippen LogP contribution is -1.95. The summed E-state index contributed by atoms with van der Waals surface area (Å²) in [6, 6.07) is 5.11. The summed E-state index contributed by atoms with van der Waals surface area (Å²) in [6.07, 6.45) is 0. The van der Waals surface area contributed by atoms with Gasteiger partial charge in [-0.15, -0.1) is 0 Å². The summed E-state index contributed by atoms with van der Waals surface area (Å²) in [7, 11) is 0. The van der Waals surface area contributed by atoms with E-state index in [-0.39, 0.29) is 0 Å². The zero-order valence-corrected chi connectivity index (χ0v) is 9.20. The third-order valence-electron chi connectivity index (χ3n) is 1.41. The van der Waals surface area contributed by atoms with Gasteiger partial charge < -0.3 is 4.74 Å². The molecule has 72 valence electrons. The SMILES string of the molecule is CCOc1ccc(N(Cl)Cl)c(Cl)c1. The van der Waals surface area contributed by atoms with Crippen LogP contribution in [0.2, 0.25) is 5.02 Å². The summed E-state index contributed by atoms with van der Waals surface area (Å²) in [4.78, 5) is 0. The lowest BCUT2D eigenvalue weighted by atomic mass is 10.3. The number of halogens is 3. The Balaban J connectivity index is 2.92. The summed E-state index contributed by atoms with van der Waals surface area (Å²) in [5, 5.41) is 0.455. The number of rotatable bonds is 3. The van der Waals surface area contributed by atoms with Crippen LogP contribution in [0.25, 0.3) is 0 Å². The van der Waals surface area contributed by atoms with Gasteiger partial charge in [0.1, 0.15) is 5.75 Å². The zero-order chi connectivity index (χ0) is 9.84. The van der Waals surface area contributed by atoms with Gasteiger partial charge in [0.15, 0.2) is 0 Å². The Hall–Kier alpha value is -0.310. The first-order valence-corrected chi connectivity index (χ1v) is 4.74. The van der Waals surface area contributed by atoms with E-state index in [4.69, 9.17) is 39.9 Å². The molecule has 0 amide bonds. The Morgan fingerprint density at radius 1 is 1.38 bits per heavy atom. The number of anilines is 1. The molecule has 0 unspecified atom stereocenters. The van der Waals surface area contributed by atoms with Crippen LogP contribution in [0.4, 0.5) is 5.69 Å². The largest absolute Gasteiger partial charge is 0.494 e. The molecule has 0 spiro atoms. The minimum Gasteiger partial charge on any atom is -0.494 e. The second-order valence-corrected chi connectivity index (χ2v) is 3.54. The fourth-order valence-corrected chi connectivity index (χ4v) is 1.52. The summed E-state index contributed by atoms with van der Waals surface area (Å²) in [6.45, 7) is 2.50. The van der Waals surface area contributed by atoms with E-state index >= 15 is 0 Å². The minimum atomic E-state index is 0.455. The Morgan fingerprint density at radius 3 is 2.54 bits per heavy atom. The average Bonchev–Trinajstić information content (AvgIpc) is 2.04. The summed E-state index contributed by atoms with van der Waals surface area (Å²) in [5.74, 6) is 0.700. The Morgan fingerprint density at radius 2 is 2.08 bits per heavy atom. The van der Waals surface area contributed by atoms with Crippen LogP contribution in [-0.4, -0.2) is 6.61 Å². The summed E-state index contributed by atoms with van der Waals surface area (Å²) in [5.41, 5.74) is 0.536. The van der Waals surface area contributed by atoms with Crippen molar-refractivity contribution in [2.24, 2.45) is 0 Å². The molecule has 0 saturated carbocycles. The van der Waals surface area contributed by atoms with E-state index in [9.17, 15) is 0 Å². The van der Waals surface area contributed by atoms with E-state index < -0.39 is 0 Å². The van der Waals surface area contributed by atoms with E-state index in [1.807, 2.05) is 6.92 Å². The number of hydrogen-bond acceptors (Lipinski definition) is 2. The van der Waals surface area contributed by atoms with Crippen LogP contribution in [0, 0.1) is 0 Å². The smallest absolute Gasteiger partial charge is 0.120 e. The zero-order valence-electron chi connectivity index (χ0n) is 6.93. The Labute approximate surface area is 92.2 Å². The highest BCUT2D eigenvalue weighted by atomic mass is 35.5. The summed E-state index contributed by atoms with van der Waals surface area (Å²) < 4.78 is 6.15. The van der Waals surface area contributed by atoms with E-state index in [2.05, 4.69) is 0 Å². The lowest BCUT2D eigenvalue weighted by Gasteiger charge is -2.09. The van der Waals surface area contributed by atoms with Crippen molar-refractivity contribution in [3.63, 3.8) is 0 Å². The normalized spacial score (nSPS) is 9.85. The van der Waals surface area contributed by atoms with Gasteiger partial charge >= 0.3 is 0 Å². The highest BCUT2D eigenvalue weighted by Gasteiger charge is 2.06. The van der Waals surface area contributed by atoms with E-state index in [0.29, 0.717) is 23.1 Å². The molecule has 0 fully saturated rings. The molecular weight excluding hydrogens is 232 g/mol. The van der Waals surface area contributed by atoms with Gasteiger partial charge in [-0.05, 0) is 19.1 Å². The topological polar surface area (TPSA) is 12.5 Å². The highest BCUT2D eigenvalue weighted by Crippen LogP contribution is 2.31. The predicted octanol–water partition coefficient (Wildman–Crippen LogP) is 3.85. The van der Waals surface area contributed by atoms with Crippen LogP contribution in [0.1, 0.15) is 6.92 Å². The first kappa shape index (κ1) is 10.8. The Bertz CT molecular complexity index is 291. The molecule has 0 saturated heterocycles. The maximum atomic E-state index is 5.87.